The summed E-state index contributed by atoms with van der Waals surface area (Å²) in [5, 5.41) is 0. The number of aryl methyl sites for hydroxylation is 2. The third-order valence-corrected chi connectivity index (χ3v) is 3.93. The van der Waals surface area contributed by atoms with Crippen LogP contribution in [0.5, 0.6) is 0 Å². The molecule has 0 bridgehead atoms. The van der Waals surface area contributed by atoms with Crippen LogP contribution in [-0.2, 0) is 19.1 Å². The Labute approximate surface area is 108 Å². The summed E-state index contributed by atoms with van der Waals surface area (Å²) in [5.41, 5.74) is 1.60. The monoisotopic (exact) mass is 270 g/mol. The number of hydrogen-bond donors (Lipinski definition) is 0. The molecule has 0 atom stereocenters. The SMILES string of the molecule is CCCC(=O)COS(=O)(=O)c1ccc(C)cc1C. The van der Waals surface area contributed by atoms with Crippen LogP contribution >= 0.6 is 0 Å². The second-order valence-electron chi connectivity index (χ2n) is 4.27. The van der Waals surface area contributed by atoms with Gasteiger partial charge < -0.3 is 0 Å². The summed E-state index contributed by atoms with van der Waals surface area (Å²) < 4.78 is 28.6. The van der Waals surface area contributed by atoms with Crippen LogP contribution < -0.4 is 0 Å². The van der Waals surface area contributed by atoms with Crippen molar-refractivity contribution in [2.75, 3.05) is 6.61 Å². The molecule has 0 aliphatic carbocycles. The second kappa shape index (κ2) is 6.11. The van der Waals surface area contributed by atoms with Gasteiger partial charge in [-0.3, -0.25) is 8.98 Å². The van der Waals surface area contributed by atoms with Crippen LogP contribution in [0, 0.1) is 13.8 Å². The molecule has 0 aliphatic rings. The fraction of sp³-hybridized carbons (Fsp3) is 0.462. The minimum absolute atomic E-state index is 0.123. The zero-order valence-corrected chi connectivity index (χ0v) is 11.7. The molecule has 1 aromatic carbocycles. The molecule has 0 spiro atoms. The van der Waals surface area contributed by atoms with Gasteiger partial charge in [0.15, 0.2) is 5.78 Å². The molecule has 0 saturated carbocycles. The van der Waals surface area contributed by atoms with Crippen molar-refractivity contribution in [3.8, 4) is 0 Å². The van der Waals surface area contributed by atoms with Gasteiger partial charge in [-0.05, 0) is 31.9 Å². The molecule has 1 aromatic rings. The first-order valence-electron chi connectivity index (χ1n) is 5.85. The summed E-state index contributed by atoms with van der Waals surface area (Å²) in [6.45, 7) is 5.06. The smallest absolute Gasteiger partial charge is 0.297 e. The van der Waals surface area contributed by atoms with Gasteiger partial charge in [0.05, 0.1) is 4.90 Å². The topological polar surface area (TPSA) is 60.4 Å². The van der Waals surface area contributed by atoms with E-state index in [2.05, 4.69) is 0 Å². The predicted octanol–water partition coefficient (Wildman–Crippen LogP) is 2.38. The van der Waals surface area contributed by atoms with Crippen LogP contribution in [0.4, 0.5) is 0 Å². The Morgan fingerprint density at radius 3 is 2.50 bits per heavy atom. The fourth-order valence-corrected chi connectivity index (χ4v) is 2.74. The number of rotatable bonds is 6. The molecular weight excluding hydrogens is 252 g/mol. The largest absolute Gasteiger partial charge is 0.297 e. The fourth-order valence-electron chi connectivity index (χ4n) is 1.64. The van der Waals surface area contributed by atoms with Gasteiger partial charge >= 0.3 is 0 Å². The zero-order valence-electron chi connectivity index (χ0n) is 10.9. The molecule has 0 saturated heterocycles. The van der Waals surface area contributed by atoms with E-state index < -0.39 is 10.1 Å². The highest BCUT2D eigenvalue weighted by Gasteiger charge is 2.19. The van der Waals surface area contributed by atoms with E-state index in [9.17, 15) is 13.2 Å². The molecule has 18 heavy (non-hydrogen) atoms. The van der Waals surface area contributed by atoms with Crippen molar-refractivity contribution in [3.05, 3.63) is 29.3 Å². The second-order valence-corrected chi connectivity index (χ2v) is 5.86. The Hall–Kier alpha value is -1.20. The molecule has 5 heteroatoms. The van der Waals surface area contributed by atoms with Gasteiger partial charge in [0.1, 0.15) is 6.61 Å². The van der Waals surface area contributed by atoms with E-state index in [1.54, 1.807) is 19.1 Å². The van der Waals surface area contributed by atoms with Crippen molar-refractivity contribution in [3.63, 3.8) is 0 Å². The van der Waals surface area contributed by atoms with Gasteiger partial charge in [-0.2, -0.15) is 8.42 Å². The quantitative estimate of drug-likeness (QED) is 0.745. The lowest BCUT2D eigenvalue weighted by molar-refractivity contribution is -0.121. The highest BCUT2D eigenvalue weighted by atomic mass is 32.2. The standard InChI is InChI=1S/C13H18O4S/c1-4-5-12(14)9-17-18(15,16)13-7-6-10(2)8-11(13)3/h6-8H,4-5,9H2,1-3H3. The first kappa shape index (κ1) is 14.9. The lowest BCUT2D eigenvalue weighted by atomic mass is 10.2. The highest BCUT2D eigenvalue weighted by Crippen LogP contribution is 2.18. The van der Waals surface area contributed by atoms with E-state index >= 15 is 0 Å². The number of ketones is 1. The van der Waals surface area contributed by atoms with Gasteiger partial charge in [0, 0.05) is 6.42 Å². The molecule has 0 amide bonds. The minimum atomic E-state index is -3.84. The number of carbonyl (C=O) groups excluding carboxylic acids is 1. The van der Waals surface area contributed by atoms with Gasteiger partial charge in [-0.25, -0.2) is 0 Å². The summed E-state index contributed by atoms with van der Waals surface area (Å²) in [6.07, 6.45) is 1.02. The summed E-state index contributed by atoms with van der Waals surface area (Å²) in [4.78, 5) is 11.4. The molecule has 0 fully saturated rings. The molecule has 1 rings (SSSR count). The number of carbonyl (C=O) groups is 1. The summed E-state index contributed by atoms with van der Waals surface area (Å²) in [6, 6.07) is 4.98. The van der Waals surface area contributed by atoms with Crippen LogP contribution in [-0.4, -0.2) is 20.8 Å². The van der Waals surface area contributed by atoms with E-state index in [0.717, 1.165) is 5.56 Å². The predicted molar refractivity (Wildman–Crippen MR) is 69.0 cm³/mol. The molecule has 0 heterocycles. The zero-order chi connectivity index (χ0) is 13.8. The molecular formula is C13H18O4S. The molecule has 0 unspecified atom stereocenters. The summed E-state index contributed by atoms with van der Waals surface area (Å²) in [5.74, 6) is -0.203. The lowest BCUT2D eigenvalue weighted by Crippen LogP contribution is -2.15. The van der Waals surface area contributed by atoms with Gasteiger partial charge in [0.2, 0.25) is 0 Å². The van der Waals surface area contributed by atoms with E-state index in [4.69, 9.17) is 4.18 Å². The van der Waals surface area contributed by atoms with Crippen molar-refractivity contribution in [2.24, 2.45) is 0 Å². The Morgan fingerprint density at radius 1 is 1.28 bits per heavy atom. The molecule has 0 aliphatic heterocycles. The van der Waals surface area contributed by atoms with Crippen LogP contribution in [0.15, 0.2) is 23.1 Å². The lowest BCUT2D eigenvalue weighted by Gasteiger charge is -2.08. The van der Waals surface area contributed by atoms with Crippen molar-refractivity contribution in [1.29, 1.82) is 0 Å². The van der Waals surface area contributed by atoms with Gasteiger partial charge in [-0.15, -0.1) is 0 Å². The van der Waals surface area contributed by atoms with Crippen molar-refractivity contribution in [2.45, 2.75) is 38.5 Å². The molecule has 0 aromatic heterocycles. The third kappa shape index (κ3) is 3.92. The van der Waals surface area contributed by atoms with Crippen molar-refractivity contribution < 1.29 is 17.4 Å². The Morgan fingerprint density at radius 2 is 1.94 bits per heavy atom. The van der Waals surface area contributed by atoms with Crippen LogP contribution in [0.3, 0.4) is 0 Å². The normalized spacial score (nSPS) is 11.5. The first-order chi connectivity index (χ1) is 8.36. The Kier molecular flexibility index (Phi) is 5.04. The maximum Gasteiger partial charge on any atom is 0.297 e. The number of hydrogen-bond acceptors (Lipinski definition) is 4. The van der Waals surface area contributed by atoms with E-state index in [0.29, 0.717) is 18.4 Å². The Bertz CT molecular complexity index is 532. The van der Waals surface area contributed by atoms with Crippen LogP contribution in [0.2, 0.25) is 0 Å². The summed E-state index contributed by atoms with van der Waals surface area (Å²) >= 11 is 0. The van der Waals surface area contributed by atoms with Gasteiger partial charge in [-0.1, -0.05) is 24.6 Å². The summed E-state index contributed by atoms with van der Waals surface area (Å²) in [7, 11) is -3.84. The number of Topliss-reactive ketones (excluding diaryl/α,β-unsaturated/α-hetero) is 1. The maximum atomic E-state index is 11.9. The molecule has 100 valence electrons. The molecule has 0 radical (unpaired) electrons. The third-order valence-electron chi connectivity index (χ3n) is 2.50. The van der Waals surface area contributed by atoms with Crippen molar-refractivity contribution >= 4 is 15.9 Å². The van der Waals surface area contributed by atoms with Crippen LogP contribution in [0.25, 0.3) is 0 Å². The average molecular weight is 270 g/mol. The molecule has 4 nitrogen and oxygen atoms in total. The minimum Gasteiger partial charge on any atom is -0.297 e. The Balaban J connectivity index is 2.83. The van der Waals surface area contributed by atoms with E-state index in [-0.39, 0.29) is 17.3 Å². The molecule has 0 N–H and O–H groups in total. The van der Waals surface area contributed by atoms with E-state index in [1.165, 1.54) is 6.07 Å². The number of benzene rings is 1. The maximum absolute atomic E-state index is 11.9. The first-order valence-corrected chi connectivity index (χ1v) is 7.26. The average Bonchev–Trinajstić information content (AvgIpc) is 2.26. The van der Waals surface area contributed by atoms with Crippen LogP contribution in [0.1, 0.15) is 30.9 Å². The van der Waals surface area contributed by atoms with Crippen molar-refractivity contribution in [1.82, 2.24) is 0 Å². The highest BCUT2D eigenvalue weighted by molar-refractivity contribution is 7.86. The van der Waals surface area contributed by atoms with E-state index in [1.807, 2.05) is 13.8 Å². The van der Waals surface area contributed by atoms with Gasteiger partial charge in [0.25, 0.3) is 10.1 Å².